The zero-order valence-corrected chi connectivity index (χ0v) is 69.5. The lowest BCUT2D eigenvalue weighted by Gasteiger charge is -2.34. The zero-order valence-electron chi connectivity index (χ0n) is 69.5. The van der Waals surface area contributed by atoms with Gasteiger partial charge in [-0.15, -0.1) is 0 Å². The first-order valence-corrected chi connectivity index (χ1v) is 43.6. The van der Waals surface area contributed by atoms with E-state index in [2.05, 4.69) is 526 Å². The van der Waals surface area contributed by atoms with Gasteiger partial charge in [0.15, 0.2) is 0 Å². The summed E-state index contributed by atoms with van der Waals surface area (Å²) in [5, 5.41) is 18.7. The molecule has 126 heavy (non-hydrogen) atoms. The summed E-state index contributed by atoms with van der Waals surface area (Å²) in [4.78, 5) is 0. The molecule has 24 rings (SSSR count). The minimum absolute atomic E-state index is 0.398. The fourth-order valence-corrected chi connectivity index (χ4v) is 20.7. The Morgan fingerprint density at radius 2 is 0.421 bits per heavy atom. The van der Waals surface area contributed by atoms with Crippen LogP contribution in [-0.2, 0) is 16.2 Å². The van der Waals surface area contributed by atoms with Crippen LogP contribution in [-0.4, -0.2) is 0 Å². The van der Waals surface area contributed by atoms with Gasteiger partial charge in [-0.3, -0.25) is 0 Å². The second kappa shape index (κ2) is 32.6. The number of nitrogens with one attached hydrogen (secondary N) is 3. The van der Waals surface area contributed by atoms with Crippen LogP contribution in [0.25, 0.3) is 99.1 Å². The van der Waals surface area contributed by atoms with Crippen molar-refractivity contribution in [3.05, 3.63) is 576 Å². The Hall–Kier alpha value is -16.2. The summed E-state index contributed by atoms with van der Waals surface area (Å²) in [6.45, 7) is 0. The predicted molar refractivity (Wildman–Crippen MR) is 529 cm³/mol. The highest BCUT2D eigenvalue weighted by Gasteiger charge is 2.49. The molecule has 21 aromatic carbocycles. The van der Waals surface area contributed by atoms with E-state index in [9.17, 15) is 0 Å². The summed E-state index contributed by atoms with van der Waals surface area (Å²) >= 11 is 0. The van der Waals surface area contributed by atoms with Crippen molar-refractivity contribution in [1.82, 2.24) is 0 Å². The fourth-order valence-electron chi connectivity index (χ4n) is 20.7. The van der Waals surface area contributed by atoms with Gasteiger partial charge in [-0.2, -0.15) is 0 Å². The van der Waals surface area contributed by atoms with Crippen LogP contribution in [0.3, 0.4) is 0 Å². The van der Waals surface area contributed by atoms with Crippen LogP contribution in [0.15, 0.2) is 510 Å². The third-order valence-electron chi connectivity index (χ3n) is 26.2. The molecule has 0 atom stereocenters. The molecule has 0 saturated heterocycles. The van der Waals surface area contributed by atoms with Crippen molar-refractivity contribution < 1.29 is 0 Å². The Morgan fingerprint density at radius 1 is 0.135 bits per heavy atom. The highest BCUT2D eigenvalue weighted by molar-refractivity contribution is 6.05. The van der Waals surface area contributed by atoms with Gasteiger partial charge < -0.3 is 16.0 Å². The second-order valence-corrected chi connectivity index (χ2v) is 33.1. The molecule has 0 aromatic heterocycles. The first-order chi connectivity index (χ1) is 62.5. The molecule has 3 aliphatic rings. The molecule has 0 saturated carbocycles. The maximum Gasteiger partial charge on any atom is 0.0714 e. The number of hydrogen-bond acceptors (Lipinski definition) is 3. The molecule has 21 aromatic rings. The monoisotopic (exact) mass is 1610 g/mol. The number of anilines is 6. The van der Waals surface area contributed by atoms with E-state index in [4.69, 9.17) is 0 Å². The fraction of sp³-hybridized carbons (Fsp3) is 0.0244. The normalized spacial score (nSPS) is 13.0. The van der Waals surface area contributed by atoms with Gasteiger partial charge in [-0.25, -0.2) is 0 Å². The van der Waals surface area contributed by atoms with Crippen molar-refractivity contribution in [2.75, 3.05) is 16.0 Å². The van der Waals surface area contributed by atoms with E-state index in [1.54, 1.807) is 0 Å². The van der Waals surface area contributed by atoms with Gasteiger partial charge in [0.25, 0.3) is 0 Å². The summed E-state index contributed by atoms with van der Waals surface area (Å²) in [6.07, 6.45) is 0. The average molecular weight is 1610 g/mol. The van der Waals surface area contributed by atoms with Gasteiger partial charge >= 0.3 is 0 Å². The quantitative estimate of drug-likeness (QED) is 0.0957. The number of rotatable bonds is 15. The van der Waals surface area contributed by atoms with Crippen LogP contribution < -0.4 is 16.0 Å². The molecule has 0 aliphatic heterocycles. The first kappa shape index (κ1) is 76.0. The van der Waals surface area contributed by atoms with E-state index in [1.165, 1.54) is 166 Å². The van der Waals surface area contributed by atoms with E-state index >= 15 is 0 Å². The SMILES string of the molecule is c1ccc(-c2ccc(Nc3ccc4c(c3)C(c3ccccc3)(c3ccccc3)c3ccccc3-4)c3ccccc23)cc1.c1ccc(-c2ccc3cc(Nc4ccc5c(c4)C(c4ccccc4)(c4ccccc4)c4ccccc4-5)ccc3c2)cc1.c1ccc(C2(c3ccccc3)c3ccccc3-c3ccc(Nc4ccc(-c5cccc6ccccc56)cc4)cc32)cc1. The Morgan fingerprint density at radius 3 is 0.881 bits per heavy atom. The first-order valence-electron chi connectivity index (χ1n) is 43.6. The summed E-state index contributed by atoms with van der Waals surface area (Å²) in [7, 11) is 0. The van der Waals surface area contributed by atoms with Crippen molar-refractivity contribution in [2.45, 2.75) is 16.2 Å². The van der Waals surface area contributed by atoms with Crippen molar-refractivity contribution in [3.63, 3.8) is 0 Å². The minimum Gasteiger partial charge on any atom is -0.356 e. The van der Waals surface area contributed by atoms with E-state index < -0.39 is 16.2 Å². The molecule has 3 N–H and O–H groups in total. The summed E-state index contributed by atoms with van der Waals surface area (Å²) in [5.74, 6) is 0. The van der Waals surface area contributed by atoms with E-state index in [-0.39, 0.29) is 0 Å². The Kier molecular flexibility index (Phi) is 19.7. The minimum atomic E-state index is -0.411. The summed E-state index contributed by atoms with van der Waals surface area (Å²) in [6, 6.07) is 185. The Labute approximate surface area is 736 Å². The predicted octanol–water partition coefficient (Wildman–Crippen LogP) is 31.8. The number of benzene rings is 21. The number of hydrogen-bond donors (Lipinski definition) is 3. The molecule has 0 fully saturated rings. The molecule has 0 unspecified atom stereocenters. The van der Waals surface area contributed by atoms with Crippen molar-refractivity contribution >= 4 is 66.4 Å². The lowest BCUT2D eigenvalue weighted by molar-refractivity contribution is 0.769. The summed E-state index contributed by atoms with van der Waals surface area (Å²) in [5.41, 5.74) is 36.0. The Balaban J connectivity index is 0.000000112. The van der Waals surface area contributed by atoms with E-state index in [1.807, 2.05) is 0 Å². The van der Waals surface area contributed by atoms with Crippen LogP contribution in [0.4, 0.5) is 34.1 Å². The van der Waals surface area contributed by atoms with Crippen molar-refractivity contribution in [2.24, 2.45) is 0 Å². The van der Waals surface area contributed by atoms with Crippen LogP contribution in [0.2, 0.25) is 0 Å². The third-order valence-corrected chi connectivity index (χ3v) is 26.2. The lowest BCUT2D eigenvalue weighted by atomic mass is 9.67. The Bertz CT molecular complexity index is 7440. The highest BCUT2D eigenvalue weighted by atomic mass is 14.9. The van der Waals surface area contributed by atoms with Gasteiger partial charge in [0, 0.05) is 39.5 Å². The molecule has 0 amide bonds. The third kappa shape index (κ3) is 13.2. The average Bonchev–Trinajstić information content (AvgIpc) is 1.55. The van der Waals surface area contributed by atoms with E-state index in [0.717, 1.165) is 34.1 Å². The molecule has 3 heteroatoms. The van der Waals surface area contributed by atoms with E-state index in [0.29, 0.717) is 0 Å². The van der Waals surface area contributed by atoms with Crippen LogP contribution in [0, 0.1) is 0 Å². The molecule has 3 nitrogen and oxygen atoms in total. The van der Waals surface area contributed by atoms with Crippen LogP contribution in [0.1, 0.15) is 66.8 Å². The highest BCUT2D eigenvalue weighted by Crippen LogP contribution is 2.60. The molecular weight excluding hydrogens is 1520 g/mol. The topological polar surface area (TPSA) is 36.1 Å². The molecule has 0 bridgehead atoms. The van der Waals surface area contributed by atoms with Crippen LogP contribution in [0.5, 0.6) is 0 Å². The lowest BCUT2D eigenvalue weighted by Crippen LogP contribution is -2.28. The number of fused-ring (bicyclic) bond motifs is 12. The smallest absolute Gasteiger partial charge is 0.0714 e. The molecule has 0 heterocycles. The second-order valence-electron chi connectivity index (χ2n) is 33.1. The molecular formula is C123H87N3. The van der Waals surface area contributed by atoms with Gasteiger partial charge in [-0.1, -0.05) is 437 Å². The maximum absolute atomic E-state index is 3.82. The van der Waals surface area contributed by atoms with Gasteiger partial charge in [0.05, 0.1) is 16.2 Å². The largest absolute Gasteiger partial charge is 0.356 e. The summed E-state index contributed by atoms with van der Waals surface area (Å²) < 4.78 is 0. The van der Waals surface area contributed by atoms with Crippen LogP contribution >= 0.6 is 0 Å². The van der Waals surface area contributed by atoms with Gasteiger partial charge in [0.2, 0.25) is 0 Å². The maximum atomic E-state index is 3.82. The van der Waals surface area contributed by atoms with Gasteiger partial charge in [-0.05, 0) is 233 Å². The van der Waals surface area contributed by atoms with Crippen molar-refractivity contribution in [1.29, 1.82) is 0 Å². The zero-order chi connectivity index (χ0) is 83.8. The molecule has 0 radical (unpaired) electrons. The standard InChI is InChI=1S/3C41H29N/c1-4-14-29(15-5-1)33-26-27-40(37-22-11-10-20-34(33)37)42-32-24-25-36-35-21-12-13-23-38(35)41(39(36)28-32,30-16-6-2-7-17-30)31-18-8-3-9-19-31;1-4-12-29(13-5-1)30-20-21-32-27-35(23-22-31(32)26-30)42-36-24-25-38-37-18-10-11-19-39(37)41(40(38)28-36,33-14-6-2-7-15-33)34-16-8-3-9-17-34;1-3-14-31(15-4-1)41(32-16-5-2-6-17-32)39-21-10-9-19-37(39)38-27-26-34(28-40(38)41)42-33-24-22-30(23-25-33)36-20-11-13-29-12-7-8-18-35(29)36/h3*1-28,42H. The van der Waals surface area contributed by atoms with Crippen molar-refractivity contribution in [3.8, 4) is 66.8 Å². The molecule has 3 aliphatic carbocycles. The molecule has 0 spiro atoms. The molecule has 594 valence electrons. The van der Waals surface area contributed by atoms with Gasteiger partial charge in [0.1, 0.15) is 0 Å².